The number of nitrogens with zero attached hydrogens (tertiary/aromatic N) is 5. The molecule has 2 rings (SSSR count). The number of carboxylic acid groups (broad SMARTS) is 1. The first-order valence-corrected chi connectivity index (χ1v) is 6.48. The summed E-state index contributed by atoms with van der Waals surface area (Å²) in [7, 11) is 0. The number of aliphatic carboxylic acids is 1. The maximum absolute atomic E-state index is 11.3. The van der Waals surface area contributed by atoms with E-state index >= 15 is 0 Å². The molecular formula is C12H18N6O2. The Morgan fingerprint density at radius 3 is 2.80 bits per heavy atom. The van der Waals surface area contributed by atoms with Crippen LogP contribution in [0.25, 0.3) is 11.4 Å². The van der Waals surface area contributed by atoms with Gasteiger partial charge in [0.1, 0.15) is 0 Å². The van der Waals surface area contributed by atoms with E-state index in [0.717, 1.165) is 11.3 Å². The number of hydrogen-bond donors (Lipinski definition) is 2. The molecule has 0 bridgehead atoms. The van der Waals surface area contributed by atoms with Crippen molar-refractivity contribution >= 4 is 5.97 Å². The van der Waals surface area contributed by atoms with Gasteiger partial charge in [0.25, 0.3) is 0 Å². The normalized spacial score (nSPS) is 12.8. The molecule has 0 aliphatic carbocycles. The van der Waals surface area contributed by atoms with Gasteiger partial charge in [-0.05, 0) is 29.7 Å². The second kappa shape index (κ2) is 5.81. The number of aromatic amines is 1. The van der Waals surface area contributed by atoms with Gasteiger partial charge in [0, 0.05) is 5.69 Å². The van der Waals surface area contributed by atoms with Gasteiger partial charge in [-0.1, -0.05) is 13.8 Å². The fraction of sp³-hybridized carbons (Fsp3) is 0.583. The molecule has 108 valence electrons. The van der Waals surface area contributed by atoms with Gasteiger partial charge >= 0.3 is 5.97 Å². The van der Waals surface area contributed by atoms with Crippen molar-refractivity contribution in [2.45, 2.75) is 33.7 Å². The first kappa shape index (κ1) is 14.2. The van der Waals surface area contributed by atoms with E-state index in [1.807, 2.05) is 20.8 Å². The van der Waals surface area contributed by atoms with Crippen LogP contribution in [-0.2, 0) is 11.3 Å². The van der Waals surface area contributed by atoms with E-state index in [9.17, 15) is 9.90 Å². The summed E-state index contributed by atoms with van der Waals surface area (Å²) in [6, 6.07) is 0. The van der Waals surface area contributed by atoms with E-state index < -0.39 is 11.9 Å². The van der Waals surface area contributed by atoms with Crippen LogP contribution in [0, 0.1) is 18.8 Å². The van der Waals surface area contributed by atoms with E-state index in [0.29, 0.717) is 18.2 Å². The summed E-state index contributed by atoms with van der Waals surface area (Å²) in [6.45, 7) is 6.11. The first-order valence-electron chi connectivity index (χ1n) is 6.48. The number of rotatable bonds is 6. The van der Waals surface area contributed by atoms with Crippen molar-refractivity contribution < 1.29 is 9.90 Å². The minimum absolute atomic E-state index is 0.250. The van der Waals surface area contributed by atoms with Crippen LogP contribution in [0.4, 0.5) is 0 Å². The number of aromatic nitrogens is 6. The zero-order valence-corrected chi connectivity index (χ0v) is 11.7. The summed E-state index contributed by atoms with van der Waals surface area (Å²) < 4.78 is 1.53. The molecular weight excluding hydrogens is 260 g/mol. The van der Waals surface area contributed by atoms with Crippen LogP contribution in [0.5, 0.6) is 0 Å². The van der Waals surface area contributed by atoms with Crippen LogP contribution in [-0.4, -0.2) is 41.5 Å². The smallest absolute Gasteiger partial charge is 0.308 e. The van der Waals surface area contributed by atoms with Crippen LogP contribution in [0.15, 0.2) is 6.20 Å². The van der Waals surface area contributed by atoms with Gasteiger partial charge < -0.3 is 5.11 Å². The maximum atomic E-state index is 11.3. The molecule has 0 aliphatic heterocycles. The molecule has 1 unspecified atom stereocenters. The fourth-order valence-corrected chi connectivity index (χ4v) is 2.13. The number of nitrogens with one attached hydrogen (secondary N) is 1. The van der Waals surface area contributed by atoms with Crippen molar-refractivity contribution in [1.82, 2.24) is 30.4 Å². The molecule has 8 nitrogen and oxygen atoms in total. The van der Waals surface area contributed by atoms with Crippen LogP contribution in [0.1, 0.15) is 26.0 Å². The maximum Gasteiger partial charge on any atom is 0.308 e. The Balaban J connectivity index is 2.24. The first-order chi connectivity index (χ1) is 9.49. The number of H-pyrrole nitrogens is 1. The van der Waals surface area contributed by atoms with Gasteiger partial charge in [-0.3, -0.25) is 9.89 Å². The van der Waals surface area contributed by atoms with Crippen molar-refractivity contribution in [3.63, 3.8) is 0 Å². The molecule has 2 heterocycles. The molecule has 0 aliphatic rings. The number of tetrazole rings is 1. The zero-order valence-electron chi connectivity index (χ0n) is 11.7. The Bertz CT molecular complexity index is 588. The van der Waals surface area contributed by atoms with Crippen LogP contribution >= 0.6 is 0 Å². The number of carbonyl (C=O) groups is 1. The van der Waals surface area contributed by atoms with Gasteiger partial charge in [0.15, 0.2) is 5.82 Å². The highest BCUT2D eigenvalue weighted by Crippen LogP contribution is 2.20. The second-order valence-electron chi connectivity index (χ2n) is 5.26. The van der Waals surface area contributed by atoms with Crippen LogP contribution in [0.3, 0.4) is 0 Å². The molecule has 0 saturated heterocycles. The Labute approximate surface area is 116 Å². The molecule has 0 saturated carbocycles. The summed E-state index contributed by atoms with van der Waals surface area (Å²) in [5.74, 6) is -0.508. The van der Waals surface area contributed by atoms with Crippen molar-refractivity contribution in [3.05, 3.63) is 11.9 Å². The SMILES string of the molecule is Cc1[nH]ncc1-c1nnnn1CC(CC(C)C)C(=O)O. The third-order valence-electron chi connectivity index (χ3n) is 3.10. The molecule has 20 heavy (non-hydrogen) atoms. The summed E-state index contributed by atoms with van der Waals surface area (Å²) in [4.78, 5) is 11.3. The third-order valence-corrected chi connectivity index (χ3v) is 3.10. The predicted molar refractivity (Wildman–Crippen MR) is 70.7 cm³/mol. The van der Waals surface area contributed by atoms with Crippen LogP contribution < -0.4 is 0 Å². The standard InChI is InChI=1S/C12H18N6O2/c1-7(2)4-9(12(19)20)6-18-11(15-16-17-18)10-5-13-14-8(10)3/h5,7,9H,4,6H2,1-3H3,(H,13,14)(H,19,20). The molecule has 0 amide bonds. The molecule has 2 N–H and O–H groups in total. The lowest BCUT2D eigenvalue weighted by atomic mass is 9.97. The van der Waals surface area contributed by atoms with Gasteiger partial charge in [-0.2, -0.15) is 5.10 Å². The largest absolute Gasteiger partial charge is 0.481 e. The average molecular weight is 278 g/mol. The van der Waals surface area contributed by atoms with Crippen molar-refractivity contribution in [2.75, 3.05) is 0 Å². The lowest BCUT2D eigenvalue weighted by Crippen LogP contribution is -2.23. The molecule has 0 spiro atoms. The summed E-state index contributed by atoms with van der Waals surface area (Å²) in [5.41, 5.74) is 1.63. The van der Waals surface area contributed by atoms with Crippen molar-refractivity contribution in [2.24, 2.45) is 11.8 Å². The molecule has 2 aromatic rings. The van der Waals surface area contributed by atoms with E-state index in [2.05, 4.69) is 25.7 Å². The van der Waals surface area contributed by atoms with E-state index in [-0.39, 0.29) is 6.54 Å². The van der Waals surface area contributed by atoms with Gasteiger partial charge in [0.2, 0.25) is 0 Å². The highest BCUT2D eigenvalue weighted by Gasteiger charge is 2.23. The minimum atomic E-state index is -0.830. The molecule has 0 aromatic carbocycles. The Morgan fingerprint density at radius 2 is 2.25 bits per heavy atom. The molecule has 2 aromatic heterocycles. The quantitative estimate of drug-likeness (QED) is 0.819. The number of hydrogen-bond acceptors (Lipinski definition) is 5. The molecule has 0 radical (unpaired) electrons. The monoisotopic (exact) mass is 278 g/mol. The molecule has 0 fully saturated rings. The summed E-state index contributed by atoms with van der Waals surface area (Å²) in [6.07, 6.45) is 2.22. The van der Waals surface area contributed by atoms with Gasteiger partial charge in [-0.15, -0.1) is 5.10 Å². The van der Waals surface area contributed by atoms with E-state index in [1.165, 1.54) is 4.68 Å². The summed E-state index contributed by atoms with van der Waals surface area (Å²) in [5, 5.41) is 27.5. The van der Waals surface area contributed by atoms with Gasteiger partial charge in [0.05, 0.1) is 24.2 Å². The lowest BCUT2D eigenvalue weighted by Gasteiger charge is -2.14. The Kier molecular flexibility index (Phi) is 4.11. The van der Waals surface area contributed by atoms with E-state index in [4.69, 9.17) is 0 Å². The fourth-order valence-electron chi connectivity index (χ4n) is 2.13. The molecule has 8 heteroatoms. The number of carboxylic acids is 1. The van der Waals surface area contributed by atoms with E-state index in [1.54, 1.807) is 6.20 Å². The highest BCUT2D eigenvalue weighted by atomic mass is 16.4. The second-order valence-corrected chi connectivity index (χ2v) is 5.26. The minimum Gasteiger partial charge on any atom is -0.481 e. The summed E-state index contributed by atoms with van der Waals surface area (Å²) >= 11 is 0. The van der Waals surface area contributed by atoms with Crippen molar-refractivity contribution in [1.29, 1.82) is 0 Å². The predicted octanol–water partition coefficient (Wildman–Crippen LogP) is 1.12. The lowest BCUT2D eigenvalue weighted by molar-refractivity contribution is -0.142. The Morgan fingerprint density at radius 1 is 1.50 bits per heavy atom. The highest BCUT2D eigenvalue weighted by molar-refractivity contribution is 5.70. The topological polar surface area (TPSA) is 110 Å². The zero-order chi connectivity index (χ0) is 14.7. The number of aryl methyl sites for hydroxylation is 1. The molecule has 1 atom stereocenters. The van der Waals surface area contributed by atoms with Crippen molar-refractivity contribution in [3.8, 4) is 11.4 Å². The third kappa shape index (κ3) is 3.01. The van der Waals surface area contributed by atoms with Gasteiger partial charge in [-0.25, -0.2) is 4.68 Å². The van der Waals surface area contributed by atoms with Crippen LogP contribution in [0.2, 0.25) is 0 Å². The Hall–Kier alpha value is -2.25. The average Bonchev–Trinajstić information content (AvgIpc) is 2.96.